The van der Waals surface area contributed by atoms with Gasteiger partial charge in [0.05, 0.1) is 17.4 Å². The second-order valence-electron chi connectivity index (χ2n) is 4.66. The van der Waals surface area contributed by atoms with Crippen molar-refractivity contribution in [3.8, 4) is 0 Å². The van der Waals surface area contributed by atoms with Gasteiger partial charge in [-0.05, 0) is 37.3 Å². The van der Waals surface area contributed by atoms with Crippen molar-refractivity contribution in [1.29, 1.82) is 0 Å². The van der Waals surface area contributed by atoms with Crippen LogP contribution in [0, 0.1) is 11.8 Å². The maximum atomic E-state index is 9.07. The van der Waals surface area contributed by atoms with Crippen LogP contribution in [0.5, 0.6) is 0 Å². The lowest BCUT2D eigenvalue weighted by molar-refractivity contribution is 0.312. The molecule has 3 rings (SSSR count). The van der Waals surface area contributed by atoms with Crippen molar-refractivity contribution >= 4 is 11.4 Å². The summed E-state index contributed by atoms with van der Waals surface area (Å²) < 4.78 is 0. The van der Waals surface area contributed by atoms with Gasteiger partial charge in [0.25, 0.3) is 0 Å². The normalized spacial score (nSPS) is 34.5. The van der Waals surface area contributed by atoms with Gasteiger partial charge in [-0.1, -0.05) is 5.16 Å². The van der Waals surface area contributed by atoms with Gasteiger partial charge in [0.1, 0.15) is 0 Å². The topological polar surface area (TPSA) is 57.5 Å². The number of hydrogen-bond acceptors (Lipinski definition) is 4. The molecule has 4 nitrogen and oxygen atoms in total. The van der Waals surface area contributed by atoms with Crippen LogP contribution >= 0.6 is 0 Å². The van der Waals surface area contributed by atoms with E-state index in [1.807, 2.05) is 12.1 Å². The Balaban J connectivity index is 1.80. The van der Waals surface area contributed by atoms with E-state index in [2.05, 4.69) is 15.5 Å². The molecule has 1 aromatic heterocycles. The molecule has 0 spiro atoms. The molecule has 0 aliphatic heterocycles. The van der Waals surface area contributed by atoms with Crippen molar-refractivity contribution < 1.29 is 5.21 Å². The molecule has 0 amide bonds. The molecule has 4 heteroatoms. The number of anilines is 1. The molecular weight excluding hydrogens is 202 g/mol. The Morgan fingerprint density at radius 3 is 3.12 bits per heavy atom. The van der Waals surface area contributed by atoms with E-state index in [0.29, 0.717) is 11.8 Å². The van der Waals surface area contributed by atoms with E-state index < -0.39 is 0 Å². The van der Waals surface area contributed by atoms with E-state index in [0.717, 1.165) is 17.8 Å². The highest BCUT2D eigenvalue weighted by Crippen LogP contribution is 2.43. The molecule has 3 atom stereocenters. The molecule has 1 aromatic rings. The Bertz CT molecular complexity index is 404. The van der Waals surface area contributed by atoms with Crippen molar-refractivity contribution in [3.05, 3.63) is 24.5 Å². The maximum absolute atomic E-state index is 9.07. The number of nitrogens with zero attached hydrogens (tertiary/aromatic N) is 2. The first-order valence-corrected chi connectivity index (χ1v) is 5.77. The molecule has 0 unspecified atom stereocenters. The van der Waals surface area contributed by atoms with Gasteiger partial charge in [0.15, 0.2) is 0 Å². The SMILES string of the molecule is O/N=C1/[C@H]2CC[C@H](C2)[C@@H]1Nc1cccnc1. The Labute approximate surface area is 94.4 Å². The minimum Gasteiger partial charge on any atom is -0.411 e. The van der Waals surface area contributed by atoms with Gasteiger partial charge in [-0.15, -0.1) is 0 Å². The predicted molar refractivity (Wildman–Crippen MR) is 61.7 cm³/mol. The molecule has 2 aliphatic carbocycles. The Morgan fingerprint density at radius 2 is 2.38 bits per heavy atom. The van der Waals surface area contributed by atoms with Gasteiger partial charge in [-0.2, -0.15) is 0 Å². The summed E-state index contributed by atoms with van der Waals surface area (Å²) in [5, 5.41) is 16.0. The second-order valence-corrected chi connectivity index (χ2v) is 4.66. The highest BCUT2D eigenvalue weighted by molar-refractivity contribution is 5.96. The average Bonchev–Trinajstić information content (AvgIpc) is 2.91. The van der Waals surface area contributed by atoms with Crippen LogP contribution in [0.2, 0.25) is 0 Å². The van der Waals surface area contributed by atoms with E-state index >= 15 is 0 Å². The molecule has 2 N–H and O–H groups in total. The van der Waals surface area contributed by atoms with Crippen LogP contribution in [0.1, 0.15) is 19.3 Å². The molecular formula is C12H15N3O. The largest absolute Gasteiger partial charge is 0.411 e. The van der Waals surface area contributed by atoms with Crippen LogP contribution in [0.4, 0.5) is 5.69 Å². The van der Waals surface area contributed by atoms with Crippen molar-refractivity contribution in [2.45, 2.75) is 25.3 Å². The number of aromatic nitrogens is 1. The summed E-state index contributed by atoms with van der Waals surface area (Å²) in [7, 11) is 0. The zero-order valence-corrected chi connectivity index (χ0v) is 9.00. The molecule has 0 radical (unpaired) electrons. The minimum absolute atomic E-state index is 0.202. The highest BCUT2D eigenvalue weighted by Gasteiger charge is 2.45. The van der Waals surface area contributed by atoms with Crippen molar-refractivity contribution in [2.24, 2.45) is 17.0 Å². The first-order valence-electron chi connectivity index (χ1n) is 5.77. The fourth-order valence-corrected chi connectivity index (χ4v) is 3.05. The van der Waals surface area contributed by atoms with Gasteiger partial charge < -0.3 is 10.5 Å². The Morgan fingerprint density at radius 1 is 1.44 bits per heavy atom. The second kappa shape index (κ2) is 3.77. The lowest BCUT2D eigenvalue weighted by Gasteiger charge is -2.24. The summed E-state index contributed by atoms with van der Waals surface area (Å²) >= 11 is 0. The quantitative estimate of drug-likeness (QED) is 0.589. The van der Waals surface area contributed by atoms with Crippen LogP contribution < -0.4 is 5.32 Å². The van der Waals surface area contributed by atoms with E-state index in [1.54, 1.807) is 12.4 Å². The minimum atomic E-state index is 0.202. The molecule has 2 bridgehead atoms. The van der Waals surface area contributed by atoms with Crippen LogP contribution in [0.3, 0.4) is 0 Å². The van der Waals surface area contributed by atoms with Crippen LogP contribution in [0.15, 0.2) is 29.7 Å². The zero-order valence-electron chi connectivity index (χ0n) is 9.00. The number of pyridine rings is 1. The molecule has 0 saturated heterocycles. The molecule has 2 fully saturated rings. The Kier molecular flexibility index (Phi) is 2.27. The average molecular weight is 217 g/mol. The predicted octanol–water partition coefficient (Wildman–Crippen LogP) is 2.12. The third-order valence-electron chi connectivity index (χ3n) is 3.78. The van der Waals surface area contributed by atoms with Crippen molar-refractivity contribution in [1.82, 2.24) is 4.98 Å². The van der Waals surface area contributed by atoms with Gasteiger partial charge in [0, 0.05) is 18.3 Å². The smallest absolute Gasteiger partial charge is 0.0826 e. The number of nitrogens with one attached hydrogen (secondary N) is 1. The summed E-state index contributed by atoms with van der Waals surface area (Å²) in [4.78, 5) is 4.07. The van der Waals surface area contributed by atoms with E-state index in [-0.39, 0.29) is 6.04 Å². The summed E-state index contributed by atoms with van der Waals surface area (Å²) in [6.07, 6.45) is 7.14. The third-order valence-corrected chi connectivity index (χ3v) is 3.78. The zero-order chi connectivity index (χ0) is 11.0. The van der Waals surface area contributed by atoms with Gasteiger partial charge in [-0.25, -0.2) is 0 Å². The van der Waals surface area contributed by atoms with Crippen molar-refractivity contribution in [2.75, 3.05) is 5.32 Å². The lowest BCUT2D eigenvalue weighted by Crippen LogP contribution is -2.35. The number of oxime groups is 1. The van der Waals surface area contributed by atoms with Crippen LogP contribution in [-0.4, -0.2) is 21.9 Å². The molecule has 16 heavy (non-hydrogen) atoms. The summed E-state index contributed by atoms with van der Waals surface area (Å²) in [6, 6.07) is 4.10. The van der Waals surface area contributed by atoms with Gasteiger partial charge >= 0.3 is 0 Å². The number of fused-ring (bicyclic) bond motifs is 2. The summed E-state index contributed by atoms with van der Waals surface area (Å²) in [5.41, 5.74) is 1.93. The van der Waals surface area contributed by atoms with Crippen molar-refractivity contribution in [3.63, 3.8) is 0 Å². The van der Waals surface area contributed by atoms with Crippen LogP contribution in [0.25, 0.3) is 0 Å². The van der Waals surface area contributed by atoms with E-state index in [9.17, 15) is 0 Å². The summed E-state index contributed by atoms with van der Waals surface area (Å²) in [6.45, 7) is 0. The van der Waals surface area contributed by atoms with E-state index in [4.69, 9.17) is 5.21 Å². The third kappa shape index (κ3) is 1.45. The fraction of sp³-hybridized carbons (Fsp3) is 0.500. The number of rotatable bonds is 2. The van der Waals surface area contributed by atoms with E-state index in [1.165, 1.54) is 12.8 Å². The summed E-state index contributed by atoms with van der Waals surface area (Å²) in [5.74, 6) is 1.11. The molecule has 0 aromatic carbocycles. The molecule has 84 valence electrons. The molecule has 1 heterocycles. The molecule has 2 aliphatic rings. The van der Waals surface area contributed by atoms with Crippen LogP contribution in [-0.2, 0) is 0 Å². The first kappa shape index (κ1) is 9.63. The lowest BCUT2D eigenvalue weighted by atomic mass is 9.93. The fourth-order valence-electron chi connectivity index (χ4n) is 3.05. The monoisotopic (exact) mass is 217 g/mol. The van der Waals surface area contributed by atoms with Gasteiger partial charge in [-0.3, -0.25) is 4.98 Å². The Hall–Kier alpha value is -1.58. The highest BCUT2D eigenvalue weighted by atomic mass is 16.4. The first-order chi connectivity index (χ1) is 7.88. The standard InChI is InChI=1S/C12H15N3O/c16-15-12-9-4-3-8(6-9)11(12)14-10-2-1-5-13-7-10/h1-2,5,7-9,11,14,16H,3-4,6H2/b15-12-/t8-,9+,11+/m1/s1. The van der Waals surface area contributed by atoms with Gasteiger partial charge in [0.2, 0.25) is 0 Å². The molecule has 2 saturated carbocycles. The number of hydrogen-bond donors (Lipinski definition) is 2. The maximum Gasteiger partial charge on any atom is 0.0826 e.